The summed E-state index contributed by atoms with van der Waals surface area (Å²) in [6.45, 7) is 7.58. The molecule has 2 aromatic carbocycles. The van der Waals surface area contributed by atoms with Gasteiger partial charge in [-0.2, -0.15) is 0 Å². The molecule has 1 aliphatic rings. The number of Topliss-reactive ketones (excluding diaryl/α,β-unsaturated/α-hetero) is 1. The SMILES string of the molecule is CC(C)c1ccc(C(=O)CN2CCN(C(=O)Cc3ccccc3)CC2)cc1. The maximum atomic E-state index is 12.5. The summed E-state index contributed by atoms with van der Waals surface area (Å²) < 4.78 is 0. The van der Waals surface area contributed by atoms with Gasteiger partial charge < -0.3 is 4.90 Å². The first-order chi connectivity index (χ1) is 13.0. The third-order valence-corrected chi connectivity index (χ3v) is 5.19. The number of ketones is 1. The lowest BCUT2D eigenvalue weighted by molar-refractivity contribution is -0.132. The molecule has 4 heteroatoms. The Morgan fingerprint density at radius 2 is 1.52 bits per heavy atom. The van der Waals surface area contributed by atoms with Crippen LogP contribution in [0.2, 0.25) is 0 Å². The van der Waals surface area contributed by atoms with Crippen LogP contribution in [0.15, 0.2) is 54.6 Å². The molecule has 142 valence electrons. The number of amides is 1. The molecule has 0 saturated carbocycles. The second kappa shape index (κ2) is 8.96. The van der Waals surface area contributed by atoms with E-state index in [1.807, 2.05) is 59.5 Å². The van der Waals surface area contributed by atoms with Gasteiger partial charge >= 0.3 is 0 Å². The van der Waals surface area contributed by atoms with Gasteiger partial charge in [-0.15, -0.1) is 0 Å². The number of hydrogen-bond acceptors (Lipinski definition) is 3. The van der Waals surface area contributed by atoms with E-state index in [0.717, 1.165) is 24.2 Å². The smallest absolute Gasteiger partial charge is 0.227 e. The predicted molar refractivity (Wildman–Crippen MR) is 108 cm³/mol. The molecule has 0 radical (unpaired) electrons. The van der Waals surface area contributed by atoms with Crippen LogP contribution in [0, 0.1) is 0 Å². The van der Waals surface area contributed by atoms with Gasteiger partial charge in [-0.05, 0) is 17.0 Å². The van der Waals surface area contributed by atoms with Crippen molar-refractivity contribution in [2.24, 2.45) is 0 Å². The van der Waals surface area contributed by atoms with E-state index in [1.165, 1.54) is 5.56 Å². The van der Waals surface area contributed by atoms with Crippen molar-refractivity contribution in [3.63, 3.8) is 0 Å². The van der Waals surface area contributed by atoms with E-state index in [0.29, 0.717) is 32.0 Å². The third-order valence-electron chi connectivity index (χ3n) is 5.19. The molecule has 0 aliphatic carbocycles. The monoisotopic (exact) mass is 364 g/mol. The number of hydrogen-bond donors (Lipinski definition) is 0. The van der Waals surface area contributed by atoms with Gasteiger partial charge in [0.1, 0.15) is 0 Å². The molecule has 1 fully saturated rings. The van der Waals surface area contributed by atoms with E-state index in [4.69, 9.17) is 0 Å². The van der Waals surface area contributed by atoms with Crippen molar-refractivity contribution in [1.29, 1.82) is 0 Å². The highest BCUT2D eigenvalue weighted by atomic mass is 16.2. The minimum Gasteiger partial charge on any atom is -0.340 e. The van der Waals surface area contributed by atoms with Gasteiger partial charge in [0.2, 0.25) is 5.91 Å². The van der Waals surface area contributed by atoms with E-state index in [1.54, 1.807) is 0 Å². The first-order valence-electron chi connectivity index (χ1n) is 9.70. The van der Waals surface area contributed by atoms with Crippen molar-refractivity contribution in [1.82, 2.24) is 9.80 Å². The number of benzene rings is 2. The molecule has 3 rings (SSSR count). The van der Waals surface area contributed by atoms with Crippen molar-refractivity contribution in [2.75, 3.05) is 32.7 Å². The number of carbonyl (C=O) groups is 2. The zero-order valence-electron chi connectivity index (χ0n) is 16.2. The first-order valence-corrected chi connectivity index (χ1v) is 9.70. The Kier molecular flexibility index (Phi) is 6.40. The highest BCUT2D eigenvalue weighted by Crippen LogP contribution is 2.15. The van der Waals surface area contributed by atoms with E-state index in [2.05, 4.69) is 18.7 Å². The summed E-state index contributed by atoms with van der Waals surface area (Å²) in [6, 6.07) is 17.8. The van der Waals surface area contributed by atoms with E-state index < -0.39 is 0 Å². The molecule has 2 aromatic rings. The molecule has 0 atom stereocenters. The van der Waals surface area contributed by atoms with Crippen molar-refractivity contribution >= 4 is 11.7 Å². The van der Waals surface area contributed by atoms with E-state index in [9.17, 15) is 9.59 Å². The van der Waals surface area contributed by atoms with Crippen LogP contribution in [-0.4, -0.2) is 54.2 Å². The number of carbonyl (C=O) groups excluding carboxylic acids is 2. The number of rotatable bonds is 6. The van der Waals surface area contributed by atoms with Crippen LogP contribution < -0.4 is 0 Å². The highest BCUT2D eigenvalue weighted by Gasteiger charge is 2.22. The van der Waals surface area contributed by atoms with Crippen LogP contribution in [0.4, 0.5) is 0 Å². The molecular weight excluding hydrogens is 336 g/mol. The quantitative estimate of drug-likeness (QED) is 0.738. The molecule has 4 nitrogen and oxygen atoms in total. The van der Waals surface area contributed by atoms with Crippen LogP contribution in [0.25, 0.3) is 0 Å². The Balaban J connectivity index is 1.47. The van der Waals surface area contributed by atoms with Gasteiger partial charge in [0, 0.05) is 31.7 Å². The largest absolute Gasteiger partial charge is 0.340 e. The van der Waals surface area contributed by atoms with Gasteiger partial charge in [0.25, 0.3) is 0 Å². The first kappa shape index (κ1) is 19.3. The summed E-state index contributed by atoms with van der Waals surface area (Å²) >= 11 is 0. The lowest BCUT2D eigenvalue weighted by atomic mass is 10.0. The van der Waals surface area contributed by atoms with Gasteiger partial charge in [-0.25, -0.2) is 0 Å². The fourth-order valence-electron chi connectivity index (χ4n) is 3.39. The molecule has 27 heavy (non-hydrogen) atoms. The Bertz CT molecular complexity index is 761. The minimum atomic E-state index is 0.148. The summed E-state index contributed by atoms with van der Waals surface area (Å²) in [4.78, 5) is 29.0. The second-order valence-corrected chi connectivity index (χ2v) is 7.52. The maximum absolute atomic E-state index is 12.5. The van der Waals surface area contributed by atoms with Crippen molar-refractivity contribution in [3.05, 3.63) is 71.3 Å². The van der Waals surface area contributed by atoms with Crippen LogP contribution in [0.3, 0.4) is 0 Å². The number of nitrogens with zero attached hydrogens (tertiary/aromatic N) is 2. The lowest BCUT2D eigenvalue weighted by Crippen LogP contribution is -2.50. The Hall–Kier alpha value is -2.46. The normalized spacial score (nSPS) is 15.1. The van der Waals surface area contributed by atoms with Gasteiger partial charge in [0.05, 0.1) is 13.0 Å². The molecular formula is C23H28N2O2. The fourth-order valence-corrected chi connectivity index (χ4v) is 3.39. The average molecular weight is 364 g/mol. The van der Waals surface area contributed by atoms with Crippen LogP contribution in [0.5, 0.6) is 0 Å². The van der Waals surface area contributed by atoms with E-state index in [-0.39, 0.29) is 11.7 Å². The van der Waals surface area contributed by atoms with E-state index >= 15 is 0 Å². The van der Waals surface area contributed by atoms with Gasteiger partial charge in [-0.3, -0.25) is 14.5 Å². The van der Waals surface area contributed by atoms with Crippen LogP contribution >= 0.6 is 0 Å². The van der Waals surface area contributed by atoms with Crippen molar-refractivity contribution < 1.29 is 9.59 Å². The van der Waals surface area contributed by atoms with Gasteiger partial charge in [0.15, 0.2) is 5.78 Å². The Morgan fingerprint density at radius 3 is 2.11 bits per heavy atom. The molecule has 0 unspecified atom stereocenters. The zero-order chi connectivity index (χ0) is 19.2. The highest BCUT2D eigenvalue weighted by molar-refractivity contribution is 5.97. The fraction of sp³-hybridized carbons (Fsp3) is 0.391. The van der Waals surface area contributed by atoms with Crippen LogP contribution in [0.1, 0.15) is 41.3 Å². The summed E-state index contributed by atoms with van der Waals surface area (Å²) in [5, 5.41) is 0. The molecule has 0 N–H and O–H groups in total. The molecule has 0 bridgehead atoms. The van der Waals surface area contributed by atoms with Crippen molar-refractivity contribution in [2.45, 2.75) is 26.2 Å². The zero-order valence-corrected chi connectivity index (χ0v) is 16.2. The third kappa shape index (κ3) is 5.27. The predicted octanol–water partition coefficient (Wildman–Crippen LogP) is 3.38. The molecule has 0 aromatic heterocycles. The topological polar surface area (TPSA) is 40.6 Å². The number of piperazine rings is 1. The Labute approximate surface area is 161 Å². The minimum absolute atomic E-state index is 0.148. The average Bonchev–Trinajstić information content (AvgIpc) is 2.69. The summed E-state index contributed by atoms with van der Waals surface area (Å²) in [5.41, 5.74) is 3.06. The molecule has 1 saturated heterocycles. The maximum Gasteiger partial charge on any atom is 0.227 e. The van der Waals surface area contributed by atoms with Gasteiger partial charge in [-0.1, -0.05) is 68.4 Å². The van der Waals surface area contributed by atoms with Crippen molar-refractivity contribution in [3.8, 4) is 0 Å². The standard InChI is InChI=1S/C23H28N2O2/c1-18(2)20-8-10-21(11-9-20)22(26)17-24-12-14-25(15-13-24)23(27)16-19-6-4-3-5-7-19/h3-11,18H,12-17H2,1-2H3. The second-order valence-electron chi connectivity index (χ2n) is 7.52. The Morgan fingerprint density at radius 1 is 0.889 bits per heavy atom. The molecule has 1 amide bonds. The molecule has 1 heterocycles. The molecule has 1 aliphatic heterocycles. The summed E-state index contributed by atoms with van der Waals surface area (Å²) in [5.74, 6) is 0.779. The van der Waals surface area contributed by atoms with Crippen LogP contribution in [-0.2, 0) is 11.2 Å². The summed E-state index contributed by atoms with van der Waals surface area (Å²) in [7, 11) is 0. The summed E-state index contributed by atoms with van der Waals surface area (Å²) in [6.07, 6.45) is 0.446. The molecule has 0 spiro atoms. The lowest BCUT2D eigenvalue weighted by Gasteiger charge is -2.34.